The minimum Gasteiger partial charge on any atom is -0.406 e. The van der Waals surface area contributed by atoms with Gasteiger partial charge in [-0.25, -0.2) is 9.71 Å². The molecule has 2 fully saturated rings. The molecule has 2 atom stereocenters. The van der Waals surface area contributed by atoms with Gasteiger partial charge in [-0.2, -0.15) is 12.7 Å². The number of ether oxygens (including phenoxy) is 1. The van der Waals surface area contributed by atoms with Crippen LogP contribution in [-0.2, 0) is 10.2 Å². The van der Waals surface area contributed by atoms with Crippen molar-refractivity contribution in [1.29, 1.82) is 0 Å². The number of carbonyl (C=O) groups is 1. The number of carbonyl (C=O) groups excluding carboxylic acids is 1. The highest BCUT2D eigenvalue weighted by Gasteiger charge is 2.40. The van der Waals surface area contributed by atoms with E-state index in [1.807, 2.05) is 18.7 Å². The van der Waals surface area contributed by atoms with Gasteiger partial charge in [-0.05, 0) is 56.9 Å². The number of rotatable bonds is 6. The molecule has 0 aliphatic carbocycles. The van der Waals surface area contributed by atoms with Gasteiger partial charge in [0.25, 0.3) is 5.91 Å². The van der Waals surface area contributed by atoms with Crippen LogP contribution in [0.5, 0.6) is 5.75 Å². The number of aromatic nitrogens is 1. The summed E-state index contributed by atoms with van der Waals surface area (Å²) in [4.78, 5) is 19.9. The minimum absolute atomic E-state index is 0. The van der Waals surface area contributed by atoms with Crippen LogP contribution in [0.25, 0.3) is 11.3 Å². The van der Waals surface area contributed by atoms with Gasteiger partial charge in [0, 0.05) is 41.1 Å². The maximum Gasteiger partial charge on any atom is 0.573 e. The molecule has 13 heteroatoms. The highest BCUT2D eigenvalue weighted by atomic mass is 32.2. The van der Waals surface area contributed by atoms with E-state index in [0.717, 1.165) is 10.7 Å². The summed E-state index contributed by atoms with van der Waals surface area (Å²) < 4.78 is 71.1. The van der Waals surface area contributed by atoms with Crippen LogP contribution in [0.1, 0.15) is 48.3 Å². The first-order chi connectivity index (χ1) is 17.1. The summed E-state index contributed by atoms with van der Waals surface area (Å²) in [6.45, 7) is 6.93. The van der Waals surface area contributed by atoms with E-state index < -0.39 is 33.8 Å². The van der Waals surface area contributed by atoms with Crippen molar-refractivity contribution in [2.45, 2.75) is 51.6 Å². The average molecular weight is 548 g/mol. The number of alkyl halides is 3. The summed E-state index contributed by atoms with van der Waals surface area (Å²) in [5, 5.41) is 0. The molecular formula is C24H36F3N5O4S. The molecule has 0 unspecified atom stereocenters. The molecule has 4 rings (SSSR count). The molecule has 3 heterocycles. The van der Waals surface area contributed by atoms with E-state index in [1.165, 1.54) is 30.3 Å². The Kier molecular flexibility index (Phi) is 7.16. The van der Waals surface area contributed by atoms with Crippen LogP contribution < -0.4 is 20.1 Å². The standard InChI is InChI=1S/C24H30F3N5O4S.3H2/c1-15-12-23(2,3)32(13-15)21-19(22(33)30-37(34,35)31-10-9-17(28)14-31)7-8-20(29-21)16-5-4-6-18(11-16)36-24(25,26)27;;;/h4-8,11,15,17H,9-10,12-14,28H2,1-3H3,(H,30,33);3*1H/t15-,17-;;;/m0.../s1. The Balaban J connectivity index is 0.00000267. The van der Waals surface area contributed by atoms with E-state index in [9.17, 15) is 26.4 Å². The largest absolute Gasteiger partial charge is 0.573 e. The van der Waals surface area contributed by atoms with Crippen LogP contribution in [-0.4, -0.2) is 61.2 Å². The van der Waals surface area contributed by atoms with Crippen molar-refractivity contribution in [3.63, 3.8) is 0 Å². The molecule has 37 heavy (non-hydrogen) atoms. The van der Waals surface area contributed by atoms with E-state index in [1.54, 1.807) is 6.07 Å². The highest BCUT2D eigenvalue weighted by molar-refractivity contribution is 7.87. The monoisotopic (exact) mass is 547 g/mol. The van der Waals surface area contributed by atoms with Gasteiger partial charge in [0.05, 0.1) is 11.3 Å². The first kappa shape index (κ1) is 27.1. The molecule has 2 saturated heterocycles. The molecular weight excluding hydrogens is 511 g/mol. The second-order valence-electron chi connectivity index (χ2n) is 10.2. The zero-order valence-corrected chi connectivity index (χ0v) is 21.6. The highest BCUT2D eigenvalue weighted by Crippen LogP contribution is 2.38. The summed E-state index contributed by atoms with van der Waals surface area (Å²) in [7, 11) is -4.12. The normalized spacial score (nSPS) is 22.3. The third kappa shape index (κ3) is 6.16. The van der Waals surface area contributed by atoms with Crippen molar-refractivity contribution < 1.29 is 35.4 Å². The fraction of sp³-hybridized carbons (Fsp3) is 0.500. The molecule has 9 nitrogen and oxygen atoms in total. The number of hydrogen-bond donors (Lipinski definition) is 2. The molecule has 0 bridgehead atoms. The smallest absolute Gasteiger partial charge is 0.406 e. The Morgan fingerprint density at radius 2 is 1.97 bits per heavy atom. The molecule has 0 radical (unpaired) electrons. The quantitative estimate of drug-likeness (QED) is 0.561. The first-order valence-corrected chi connectivity index (χ1v) is 13.3. The zero-order valence-electron chi connectivity index (χ0n) is 20.7. The van der Waals surface area contributed by atoms with Crippen LogP contribution in [0.4, 0.5) is 19.0 Å². The van der Waals surface area contributed by atoms with Gasteiger partial charge >= 0.3 is 16.6 Å². The maximum atomic E-state index is 13.3. The number of amides is 1. The average Bonchev–Trinajstić information content (AvgIpc) is 3.34. The lowest BCUT2D eigenvalue weighted by molar-refractivity contribution is -0.274. The number of nitrogens with zero attached hydrogens (tertiary/aromatic N) is 3. The zero-order chi connectivity index (χ0) is 27.2. The van der Waals surface area contributed by atoms with Crippen molar-refractivity contribution in [2.24, 2.45) is 11.7 Å². The SMILES string of the molecule is C[C@@H]1CN(c2nc(-c3cccc(OC(F)(F)F)c3)ccc2C(=O)NS(=O)(=O)N2CC[C@H](N)C2)C(C)(C)C1.[HH].[HH].[HH]. The molecule has 0 saturated carbocycles. The lowest BCUT2D eigenvalue weighted by atomic mass is 9.97. The Hall–Kier alpha value is -2.90. The van der Waals surface area contributed by atoms with Gasteiger partial charge in [-0.1, -0.05) is 19.1 Å². The second kappa shape index (κ2) is 9.76. The van der Waals surface area contributed by atoms with E-state index in [0.29, 0.717) is 24.2 Å². The first-order valence-electron chi connectivity index (χ1n) is 11.9. The predicted octanol–water partition coefficient (Wildman–Crippen LogP) is 4.02. The minimum atomic E-state index is -4.85. The topological polar surface area (TPSA) is 118 Å². The molecule has 0 spiro atoms. The molecule has 2 aliphatic heterocycles. The van der Waals surface area contributed by atoms with E-state index in [2.05, 4.69) is 21.4 Å². The van der Waals surface area contributed by atoms with E-state index in [4.69, 9.17) is 5.73 Å². The van der Waals surface area contributed by atoms with Crippen molar-refractivity contribution in [3.05, 3.63) is 42.0 Å². The van der Waals surface area contributed by atoms with Crippen molar-refractivity contribution >= 4 is 21.9 Å². The number of pyridine rings is 1. The Bertz CT molecular complexity index is 1300. The van der Waals surface area contributed by atoms with Gasteiger partial charge in [0.1, 0.15) is 11.6 Å². The van der Waals surface area contributed by atoms with Crippen LogP contribution in [0.3, 0.4) is 0 Å². The lowest BCUT2D eigenvalue weighted by Gasteiger charge is -2.34. The molecule has 1 aromatic carbocycles. The van der Waals surface area contributed by atoms with Gasteiger partial charge in [-0.3, -0.25) is 4.79 Å². The van der Waals surface area contributed by atoms with Crippen molar-refractivity contribution in [1.82, 2.24) is 14.0 Å². The van der Waals surface area contributed by atoms with Crippen LogP contribution in [0.2, 0.25) is 0 Å². The molecule has 2 aliphatic rings. The molecule has 208 valence electrons. The second-order valence-corrected chi connectivity index (χ2v) is 11.9. The summed E-state index contributed by atoms with van der Waals surface area (Å²) in [6.07, 6.45) is -3.55. The summed E-state index contributed by atoms with van der Waals surface area (Å²) >= 11 is 0. The summed E-state index contributed by atoms with van der Waals surface area (Å²) in [5.41, 5.74) is 6.12. The van der Waals surface area contributed by atoms with Crippen LogP contribution >= 0.6 is 0 Å². The van der Waals surface area contributed by atoms with E-state index >= 15 is 0 Å². The fourth-order valence-electron chi connectivity index (χ4n) is 5.01. The molecule has 1 amide bonds. The number of hydrogen-bond acceptors (Lipinski definition) is 7. The van der Waals surface area contributed by atoms with Crippen LogP contribution in [0.15, 0.2) is 36.4 Å². The fourth-order valence-corrected chi connectivity index (χ4v) is 6.22. The summed E-state index contributed by atoms with van der Waals surface area (Å²) in [5.74, 6) is -0.728. The predicted molar refractivity (Wildman–Crippen MR) is 138 cm³/mol. The van der Waals surface area contributed by atoms with Gasteiger partial charge in [-0.15, -0.1) is 13.2 Å². The van der Waals surface area contributed by atoms with Crippen molar-refractivity contribution in [2.75, 3.05) is 24.5 Å². The lowest BCUT2D eigenvalue weighted by Crippen LogP contribution is -2.44. The number of anilines is 1. The van der Waals surface area contributed by atoms with E-state index in [-0.39, 0.29) is 40.7 Å². The number of halogens is 3. The number of nitrogens with one attached hydrogen (secondary N) is 1. The third-order valence-electron chi connectivity index (χ3n) is 6.56. The molecule has 3 N–H and O–H groups in total. The van der Waals surface area contributed by atoms with Crippen molar-refractivity contribution in [3.8, 4) is 17.0 Å². The third-order valence-corrected chi connectivity index (χ3v) is 8.02. The molecule has 1 aromatic heterocycles. The Labute approximate surface area is 218 Å². The Morgan fingerprint density at radius 1 is 1.24 bits per heavy atom. The molecule has 2 aromatic rings. The Morgan fingerprint density at radius 3 is 2.57 bits per heavy atom. The van der Waals surface area contributed by atoms with Gasteiger partial charge in [0.15, 0.2) is 0 Å². The van der Waals surface area contributed by atoms with Crippen LogP contribution in [0, 0.1) is 5.92 Å². The number of nitrogens with two attached hydrogens (primary N) is 1. The number of benzene rings is 1. The summed E-state index contributed by atoms with van der Waals surface area (Å²) in [6, 6.07) is 7.98. The van der Waals surface area contributed by atoms with Gasteiger partial charge < -0.3 is 15.4 Å². The maximum absolute atomic E-state index is 13.3. The van der Waals surface area contributed by atoms with Gasteiger partial charge in [0.2, 0.25) is 0 Å².